The summed E-state index contributed by atoms with van der Waals surface area (Å²) < 4.78 is 6.56. The van der Waals surface area contributed by atoms with Crippen molar-refractivity contribution < 1.29 is 19.4 Å². The number of rotatable bonds is 7. The second kappa shape index (κ2) is 7.85. The lowest BCUT2D eigenvalue weighted by Crippen LogP contribution is -2.41. The van der Waals surface area contributed by atoms with E-state index in [-0.39, 0.29) is 13.0 Å². The number of aryl methyl sites for hydroxylation is 2. The number of carboxylic acids is 1. The Morgan fingerprint density at radius 2 is 2.22 bits per heavy atom. The predicted molar refractivity (Wildman–Crippen MR) is 102 cm³/mol. The van der Waals surface area contributed by atoms with E-state index in [9.17, 15) is 14.7 Å². The van der Waals surface area contributed by atoms with Crippen molar-refractivity contribution in [2.24, 2.45) is 7.05 Å². The number of hydrogen-bond acceptors (Lipinski definition) is 6. The van der Waals surface area contributed by atoms with Gasteiger partial charge in [-0.05, 0) is 24.4 Å². The van der Waals surface area contributed by atoms with Crippen molar-refractivity contribution in [1.82, 2.24) is 20.1 Å². The number of nitrogens with one attached hydrogen (secondary N) is 1. The van der Waals surface area contributed by atoms with Gasteiger partial charge in [-0.3, -0.25) is 9.48 Å². The van der Waals surface area contributed by atoms with Crippen LogP contribution in [-0.4, -0.2) is 51.5 Å². The molecule has 0 aliphatic heterocycles. The zero-order valence-corrected chi connectivity index (χ0v) is 16.0. The summed E-state index contributed by atoms with van der Waals surface area (Å²) in [7, 11) is 3.25. The summed E-state index contributed by atoms with van der Waals surface area (Å²) in [6, 6.07) is 4.48. The van der Waals surface area contributed by atoms with Crippen molar-refractivity contribution in [2.45, 2.75) is 19.4 Å². The highest BCUT2D eigenvalue weighted by molar-refractivity contribution is 7.13. The lowest BCUT2D eigenvalue weighted by Gasteiger charge is -2.15. The molecule has 0 radical (unpaired) electrons. The van der Waals surface area contributed by atoms with E-state index in [0.29, 0.717) is 28.0 Å². The molecule has 0 aliphatic rings. The molecule has 1 unspecified atom stereocenters. The van der Waals surface area contributed by atoms with E-state index in [4.69, 9.17) is 4.74 Å². The topological polar surface area (TPSA) is 106 Å². The number of carbonyl (C=O) groups excluding carboxylic acids is 1. The van der Waals surface area contributed by atoms with Gasteiger partial charge < -0.3 is 15.2 Å². The second-order valence-corrected chi connectivity index (χ2v) is 7.03. The zero-order valence-electron chi connectivity index (χ0n) is 15.2. The van der Waals surface area contributed by atoms with Gasteiger partial charge >= 0.3 is 5.97 Å². The molecule has 0 aliphatic carbocycles. The van der Waals surface area contributed by atoms with E-state index < -0.39 is 17.9 Å². The van der Waals surface area contributed by atoms with Crippen LogP contribution in [-0.2, 0) is 16.6 Å². The SMILES string of the molecule is COCCC(NC(=O)c1cc(-c2cccs2)nc2c1c(C)nn2C)C(=O)O. The number of ether oxygens (including phenoxy) is 1. The van der Waals surface area contributed by atoms with Crippen molar-refractivity contribution >= 4 is 34.2 Å². The zero-order chi connectivity index (χ0) is 19.6. The molecule has 3 aromatic heterocycles. The molecule has 0 spiro atoms. The molecule has 0 saturated carbocycles. The molecule has 1 amide bonds. The lowest BCUT2D eigenvalue weighted by atomic mass is 10.1. The number of fused-ring (bicyclic) bond motifs is 1. The Morgan fingerprint density at radius 3 is 2.85 bits per heavy atom. The Morgan fingerprint density at radius 1 is 1.44 bits per heavy atom. The third-order valence-electron chi connectivity index (χ3n) is 4.20. The number of thiophene rings is 1. The third kappa shape index (κ3) is 3.83. The molecule has 3 rings (SSSR count). The number of aliphatic carboxylic acids is 1. The first kappa shape index (κ1) is 19.0. The lowest BCUT2D eigenvalue weighted by molar-refractivity contribution is -0.139. The van der Waals surface area contributed by atoms with Crippen molar-refractivity contribution in [3.63, 3.8) is 0 Å². The summed E-state index contributed by atoms with van der Waals surface area (Å²) in [4.78, 5) is 30.0. The van der Waals surface area contributed by atoms with Gasteiger partial charge in [-0.15, -0.1) is 11.3 Å². The summed E-state index contributed by atoms with van der Waals surface area (Å²) >= 11 is 1.51. The van der Waals surface area contributed by atoms with Crippen LogP contribution in [0.15, 0.2) is 23.6 Å². The molecule has 3 heterocycles. The van der Waals surface area contributed by atoms with Crippen LogP contribution in [0.2, 0.25) is 0 Å². The number of hydrogen-bond donors (Lipinski definition) is 2. The first-order valence-electron chi connectivity index (χ1n) is 8.33. The molecule has 142 valence electrons. The van der Waals surface area contributed by atoms with Gasteiger partial charge in [0.05, 0.1) is 27.2 Å². The van der Waals surface area contributed by atoms with Gasteiger partial charge in [0.1, 0.15) is 6.04 Å². The van der Waals surface area contributed by atoms with E-state index in [2.05, 4.69) is 15.4 Å². The van der Waals surface area contributed by atoms with Crippen LogP contribution in [0, 0.1) is 6.92 Å². The quantitative estimate of drug-likeness (QED) is 0.643. The van der Waals surface area contributed by atoms with E-state index in [0.717, 1.165) is 4.88 Å². The molecular weight excluding hydrogens is 368 g/mol. The third-order valence-corrected chi connectivity index (χ3v) is 5.09. The summed E-state index contributed by atoms with van der Waals surface area (Å²) in [6.45, 7) is 2.03. The summed E-state index contributed by atoms with van der Waals surface area (Å²) in [5.41, 5.74) is 2.24. The van der Waals surface area contributed by atoms with Crippen LogP contribution < -0.4 is 5.32 Å². The van der Waals surface area contributed by atoms with Gasteiger partial charge in [-0.1, -0.05) is 6.07 Å². The standard InChI is InChI=1S/C18H20N4O4S/c1-10-15-11(17(23)20-12(18(24)25)6-7-26-3)9-13(14-5-4-8-27-14)19-16(15)22(2)21-10/h4-5,8-9,12H,6-7H2,1-3H3,(H,20,23)(H,24,25). The maximum absolute atomic E-state index is 12.9. The Labute approximate surface area is 159 Å². The Kier molecular flexibility index (Phi) is 5.52. The molecule has 27 heavy (non-hydrogen) atoms. The first-order valence-corrected chi connectivity index (χ1v) is 9.21. The average molecular weight is 388 g/mol. The average Bonchev–Trinajstić information content (AvgIpc) is 3.26. The molecule has 0 fully saturated rings. The van der Waals surface area contributed by atoms with Crippen LogP contribution in [0.1, 0.15) is 22.5 Å². The smallest absolute Gasteiger partial charge is 0.326 e. The second-order valence-electron chi connectivity index (χ2n) is 6.09. The minimum absolute atomic E-state index is 0.176. The molecule has 0 bridgehead atoms. The molecule has 8 nitrogen and oxygen atoms in total. The maximum atomic E-state index is 12.9. The molecule has 1 atom stereocenters. The molecule has 0 aromatic carbocycles. The molecule has 3 aromatic rings. The fourth-order valence-corrected chi connectivity index (χ4v) is 3.59. The summed E-state index contributed by atoms with van der Waals surface area (Å²) in [5.74, 6) is -1.58. The molecule has 9 heteroatoms. The molecular formula is C18H20N4O4S. The van der Waals surface area contributed by atoms with Crippen molar-refractivity contribution in [1.29, 1.82) is 0 Å². The maximum Gasteiger partial charge on any atom is 0.326 e. The van der Waals surface area contributed by atoms with Crippen LogP contribution in [0.5, 0.6) is 0 Å². The first-order chi connectivity index (χ1) is 12.9. The number of carbonyl (C=O) groups is 2. The fourth-order valence-electron chi connectivity index (χ4n) is 2.90. The summed E-state index contributed by atoms with van der Waals surface area (Å²) in [6.07, 6.45) is 0.176. The van der Waals surface area contributed by atoms with E-state index >= 15 is 0 Å². The number of aromatic nitrogens is 3. The van der Waals surface area contributed by atoms with Crippen molar-refractivity contribution in [2.75, 3.05) is 13.7 Å². The Hall–Kier alpha value is -2.78. The monoisotopic (exact) mass is 388 g/mol. The van der Waals surface area contributed by atoms with Gasteiger partial charge in [0.15, 0.2) is 5.65 Å². The van der Waals surface area contributed by atoms with Crippen LogP contribution >= 0.6 is 11.3 Å². The fraction of sp³-hybridized carbons (Fsp3) is 0.333. The van der Waals surface area contributed by atoms with Crippen molar-refractivity contribution in [3.8, 4) is 10.6 Å². The van der Waals surface area contributed by atoms with Crippen LogP contribution in [0.4, 0.5) is 0 Å². The predicted octanol–water partition coefficient (Wildman–Crippen LogP) is 2.22. The number of methoxy groups -OCH3 is 1. The van der Waals surface area contributed by atoms with Crippen LogP contribution in [0.25, 0.3) is 21.6 Å². The molecule has 2 N–H and O–H groups in total. The van der Waals surface area contributed by atoms with Gasteiger partial charge in [-0.25, -0.2) is 9.78 Å². The highest BCUT2D eigenvalue weighted by Gasteiger charge is 2.24. The van der Waals surface area contributed by atoms with Gasteiger partial charge in [0, 0.05) is 27.2 Å². The van der Waals surface area contributed by atoms with Gasteiger partial charge in [0.2, 0.25) is 0 Å². The minimum atomic E-state index is -1.10. The van der Waals surface area contributed by atoms with Crippen LogP contribution in [0.3, 0.4) is 0 Å². The number of pyridine rings is 1. The summed E-state index contributed by atoms with van der Waals surface area (Å²) in [5, 5.41) is 18.9. The van der Waals surface area contributed by atoms with Gasteiger partial charge in [-0.2, -0.15) is 5.10 Å². The highest BCUT2D eigenvalue weighted by atomic mass is 32.1. The largest absolute Gasteiger partial charge is 0.480 e. The van der Waals surface area contributed by atoms with Gasteiger partial charge in [0.25, 0.3) is 5.91 Å². The number of amides is 1. The Balaban J connectivity index is 2.06. The minimum Gasteiger partial charge on any atom is -0.480 e. The van der Waals surface area contributed by atoms with E-state index in [1.807, 2.05) is 17.5 Å². The van der Waals surface area contributed by atoms with E-state index in [1.165, 1.54) is 18.4 Å². The normalized spacial score (nSPS) is 12.3. The Bertz CT molecular complexity index is 981. The number of nitrogens with zero attached hydrogens (tertiary/aromatic N) is 3. The van der Waals surface area contributed by atoms with Crippen molar-refractivity contribution in [3.05, 3.63) is 34.8 Å². The van der Waals surface area contributed by atoms with E-state index in [1.54, 1.807) is 24.7 Å². The number of carboxylic acid groups (broad SMARTS) is 1. The molecule has 0 saturated heterocycles. The highest BCUT2D eigenvalue weighted by Crippen LogP contribution is 2.29.